The fourth-order valence-corrected chi connectivity index (χ4v) is 1.46. The van der Waals surface area contributed by atoms with Crippen LogP contribution in [0.15, 0.2) is 12.1 Å². The summed E-state index contributed by atoms with van der Waals surface area (Å²) in [6.45, 7) is 0. The number of benzene rings is 1. The molecule has 0 saturated carbocycles. The largest absolute Gasteiger partial charge is 0.493 e. The normalized spacial score (nSPS) is 9.76. The van der Waals surface area contributed by atoms with Gasteiger partial charge >= 0.3 is 5.69 Å². The van der Waals surface area contributed by atoms with E-state index in [1.807, 2.05) is 0 Å². The van der Waals surface area contributed by atoms with Crippen LogP contribution >= 0.6 is 0 Å². The highest BCUT2D eigenvalue weighted by atomic mass is 16.6. The number of hydrogen-bond donors (Lipinski definition) is 2. The second-order valence-electron chi connectivity index (χ2n) is 3.31. The standard InChI is InChI=1S/C10H13N3O4/c1-16-8-4-6(5-9(11)12)3-7(13(14)15)10(8)17-2/h3-4H,5H2,1-2H3,(H3,11,12). The molecule has 1 rings (SSSR count). The summed E-state index contributed by atoms with van der Waals surface area (Å²) in [6, 6.07) is 2.88. The van der Waals surface area contributed by atoms with Crippen molar-refractivity contribution in [1.82, 2.24) is 0 Å². The number of ether oxygens (including phenoxy) is 2. The summed E-state index contributed by atoms with van der Waals surface area (Å²) in [6.07, 6.45) is 0.126. The molecule has 92 valence electrons. The number of rotatable bonds is 5. The molecule has 0 aliphatic carbocycles. The average molecular weight is 239 g/mol. The molecule has 0 heterocycles. The first-order chi connectivity index (χ1) is 7.99. The Balaban J connectivity index is 3.34. The van der Waals surface area contributed by atoms with Gasteiger partial charge in [0.2, 0.25) is 5.75 Å². The van der Waals surface area contributed by atoms with E-state index in [2.05, 4.69) is 0 Å². The fourth-order valence-electron chi connectivity index (χ4n) is 1.46. The van der Waals surface area contributed by atoms with Crippen molar-refractivity contribution in [3.8, 4) is 11.5 Å². The Kier molecular flexibility index (Phi) is 3.86. The zero-order valence-corrected chi connectivity index (χ0v) is 9.52. The molecule has 0 aliphatic heterocycles. The number of hydrogen-bond acceptors (Lipinski definition) is 5. The van der Waals surface area contributed by atoms with Gasteiger partial charge in [-0.1, -0.05) is 0 Å². The molecule has 0 amide bonds. The van der Waals surface area contributed by atoms with E-state index in [0.717, 1.165) is 0 Å². The molecule has 0 radical (unpaired) electrons. The van der Waals surface area contributed by atoms with Crippen molar-refractivity contribution >= 4 is 11.5 Å². The summed E-state index contributed by atoms with van der Waals surface area (Å²) in [5.41, 5.74) is 5.58. The van der Waals surface area contributed by atoms with Gasteiger partial charge in [0.1, 0.15) is 0 Å². The molecule has 1 aromatic carbocycles. The number of amidine groups is 1. The van der Waals surface area contributed by atoms with Gasteiger partial charge in [-0.05, 0) is 11.6 Å². The van der Waals surface area contributed by atoms with Gasteiger partial charge in [0.25, 0.3) is 0 Å². The highest BCUT2D eigenvalue weighted by Gasteiger charge is 2.21. The van der Waals surface area contributed by atoms with Crippen LogP contribution in [0.2, 0.25) is 0 Å². The van der Waals surface area contributed by atoms with Crippen molar-refractivity contribution in [1.29, 1.82) is 5.41 Å². The van der Waals surface area contributed by atoms with Crippen molar-refractivity contribution < 1.29 is 14.4 Å². The summed E-state index contributed by atoms with van der Waals surface area (Å²) in [4.78, 5) is 10.3. The molecular weight excluding hydrogens is 226 g/mol. The lowest BCUT2D eigenvalue weighted by atomic mass is 10.1. The fraction of sp³-hybridized carbons (Fsp3) is 0.300. The second-order valence-corrected chi connectivity index (χ2v) is 3.31. The lowest BCUT2D eigenvalue weighted by Gasteiger charge is -2.10. The predicted molar refractivity (Wildman–Crippen MR) is 61.8 cm³/mol. The van der Waals surface area contributed by atoms with Crippen LogP contribution < -0.4 is 15.2 Å². The minimum atomic E-state index is -0.564. The third-order valence-corrected chi connectivity index (χ3v) is 2.11. The third-order valence-electron chi connectivity index (χ3n) is 2.11. The molecule has 17 heavy (non-hydrogen) atoms. The smallest absolute Gasteiger partial charge is 0.315 e. The average Bonchev–Trinajstić information content (AvgIpc) is 2.26. The van der Waals surface area contributed by atoms with E-state index in [-0.39, 0.29) is 29.4 Å². The van der Waals surface area contributed by atoms with Crippen molar-refractivity contribution in [3.05, 3.63) is 27.8 Å². The number of nitrogens with one attached hydrogen (secondary N) is 1. The monoisotopic (exact) mass is 239 g/mol. The molecule has 1 aromatic rings. The van der Waals surface area contributed by atoms with Gasteiger partial charge in [0.05, 0.1) is 25.0 Å². The van der Waals surface area contributed by atoms with Crippen molar-refractivity contribution in [3.63, 3.8) is 0 Å². The first-order valence-electron chi connectivity index (χ1n) is 4.71. The number of nitrogens with two attached hydrogens (primary N) is 1. The van der Waals surface area contributed by atoms with Gasteiger partial charge < -0.3 is 15.2 Å². The summed E-state index contributed by atoms with van der Waals surface area (Å²) in [5, 5.41) is 18.0. The molecule has 3 N–H and O–H groups in total. The SMILES string of the molecule is COc1cc(CC(=N)N)cc([N+](=O)[O-])c1OC. The van der Waals surface area contributed by atoms with Gasteiger partial charge in [0.15, 0.2) is 5.75 Å². The van der Waals surface area contributed by atoms with E-state index >= 15 is 0 Å². The van der Waals surface area contributed by atoms with Crippen LogP contribution in [0.3, 0.4) is 0 Å². The summed E-state index contributed by atoms with van der Waals surface area (Å²) >= 11 is 0. The maximum Gasteiger partial charge on any atom is 0.315 e. The van der Waals surface area contributed by atoms with Crippen LogP contribution in [0.1, 0.15) is 5.56 Å². The topological polar surface area (TPSA) is 111 Å². The molecule has 0 bridgehead atoms. The minimum absolute atomic E-state index is 0.0600. The Labute approximate surface area is 97.8 Å². The van der Waals surface area contributed by atoms with Crippen LogP contribution in [0.5, 0.6) is 11.5 Å². The van der Waals surface area contributed by atoms with Crippen LogP contribution in [0, 0.1) is 15.5 Å². The molecule has 0 saturated heterocycles. The summed E-state index contributed by atoms with van der Waals surface area (Å²) in [5.74, 6) is 0.231. The Morgan fingerprint density at radius 1 is 1.47 bits per heavy atom. The molecular formula is C10H13N3O4. The van der Waals surface area contributed by atoms with Crippen LogP contribution in [0.25, 0.3) is 0 Å². The Hall–Kier alpha value is -2.31. The molecule has 7 nitrogen and oxygen atoms in total. The Morgan fingerprint density at radius 3 is 2.53 bits per heavy atom. The van der Waals surface area contributed by atoms with E-state index in [1.165, 1.54) is 20.3 Å². The first-order valence-corrected chi connectivity index (χ1v) is 4.71. The zero-order valence-electron chi connectivity index (χ0n) is 9.52. The van der Waals surface area contributed by atoms with E-state index in [9.17, 15) is 10.1 Å². The van der Waals surface area contributed by atoms with Gasteiger partial charge in [-0.25, -0.2) is 0 Å². The molecule has 0 atom stereocenters. The van der Waals surface area contributed by atoms with Gasteiger partial charge in [0, 0.05) is 12.5 Å². The third kappa shape index (κ3) is 2.83. The highest BCUT2D eigenvalue weighted by Crippen LogP contribution is 2.37. The van der Waals surface area contributed by atoms with Gasteiger partial charge in [-0.15, -0.1) is 0 Å². The molecule has 0 spiro atoms. The Bertz CT molecular complexity index is 459. The second kappa shape index (κ2) is 5.15. The number of methoxy groups -OCH3 is 2. The molecule has 0 aliphatic rings. The number of nitrogens with zero attached hydrogens (tertiary/aromatic N) is 1. The van der Waals surface area contributed by atoms with E-state index in [4.69, 9.17) is 20.6 Å². The molecule has 0 aromatic heterocycles. The number of nitro benzene ring substituents is 1. The van der Waals surface area contributed by atoms with Gasteiger partial charge in [-0.3, -0.25) is 15.5 Å². The maximum atomic E-state index is 10.9. The maximum absolute atomic E-state index is 10.9. The zero-order chi connectivity index (χ0) is 13.0. The quantitative estimate of drug-likeness (QED) is 0.345. The predicted octanol–water partition coefficient (Wildman–Crippen LogP) is 1.09. The van der Waals surface area contributed by atoms with Crippen molar-refractivity contribution in [2.24, 2.45) is 5.73 Å². The van der Waals surface area contributed by atoms with Crippen LogP contribution in [-0.2, 0) is 6.42 Å². The first kappa shape index (κ1) is 12.8. The lowest BCUT2D eigenvalue weighted by molar-refractivity contribution is -0.385. The van der Waals surface area contributed by atoms with Crippen LogP contribution in [-0.4, -0.2) is 25.0 Å². The van der Waals surface area contributed by atoms with Crippen molar-refractivity contribution in [2.75, 3.05) is 14.2 Å². The van der Waals surface area contributed by atoms with Crippen LogP contribution in [0.4, 0.5) is 5.69 Å². The van der Waals surface area contributed by atoms with Gasteiger partial charge in [-0.2, -0.15) is 0 Å². The van der Waals surface area contributed by atoms with E-state index in [1.54, 1.807) is 6.07 Å². The Morgan fingerprint density at radius 2 is 2.12 bits per heavy atom. The summed E-state index contributed by atoms with van der Waals surface area (Å²) in [7, 11) is 2.72. The minimum Gasteiger partial charge on any atom is -0.493 e. The molecule has 0 unspecified atom stereocenters. The molecule has 0 fully saturated rings. The van der Waals surface area contributed by atoms with Crippen molar-refractivity contribution in [2.45, 2.75) is 6.42 Å². The summed E-state index contributed by atoms with van der Waals surface area (Å²) < 4.78 is 9.95. The van der Waals surface area contributed by atoms with E-state index < -0.39 is 4.92 Å². The lowest BCUT2D eigenvalue weighted by Crippen LogP contribution is -2.13. The molecule has 7 heteroatoms. The van der Waals surface area contributed by atoms with E-state index in [0.29, 0.717) is 5.56 Å². The highest BCUT2D eigenvalue weighted by molar-refractivity contribution is 5.80. The number of nitro groups is 1.